The summed E-state index contributed by atoms with van der Waals surface area (Å²) in [6.07, 6.45) is -0.212. The maximum absolute atomic E-state index is 12.6. The molecule has 0 radical (unpaired) electrons. The number of nitro groups is 2. The molecule has 0 aliphatic rings. The zero-order chi connectivity index (χ0) is 21.6. The van der Waals surface area contributed by atoms with Crippen LogP contribution in [0.15, 0.2) is 36.4 Å². The summed E-state index contributed by atoms with van der Waals surface area (Å²) in [7, 11) is 1.41. The van der Waals surface area contributed by atoms with E-state index in [9.17, 15) is 25.0 Å². The molecule has 0 aliphatic heterocycles. The molecule has 0 N–H and O–H groups in total. The summed E-state index contributed by atoms with van der Waals surface area (Å²) in [5, 5.41) is 22.3. The zero-order valence-corrected chi connectivity index (χ0v) is 16.3. The third-order valence-corrected chi connectivity index (χ3v) is 4.30. The number of carbonyl (C=O) groups is 1. The molecule has 0 atom stereocenters. The average molecular weight is 403 g/mol. The van der Waals surface area contributed by atoms with E-state index in [1.165, 1.54) is 42.3 Å². The Hall–Kier alpha value is -3.69. The summed E-state index contributed by atoms with van der Waals surface area (Å²) in [5.41, 5.74) is 0.708. The van der Waals surface area contributed by atoms with Gasteiger partial charge in [0.1, 0.15) is 5.75 Å². The Kier molecular flexibility index (Phi) is 7.07. The number of hydrogen-bond acceptors (Lipinski definition) is 7. The molecule has 0 spiro atoms. The van der Waals surface area contributed by atoms with Gasteiger partial charge in [-0.3, -0.25) is 20.2 Å². The fourth-order valence-corrected chi connectivity index (χ4v) is 2.68. The zero-order valence-electron chi connectivity index (χ0n) is 16.3. The molecule has 0 aromatic heterocycles. The summed E-state index contributed by atoms with van der Waals surface area (Å²) in [5.74, 6) is 0.210. The van der Waals surface area contributed by atoms with Gasteiger partial charge in [0.25, 0.3) is 5.69 Å². The number of non-ortho nitro benzene ring substituents is 1. The number of aryl methyl sites for hydroxylation is 1. The van der Waals surface area contributed by atoms with E-state index in [-0.39, 0.29) is 30.2 Å². The monoisotopic (exact) mass is 403 g/mol. The van der Waals surface area contributed by atoms with Crippen molar-refractivity contribution in [2.24, 2.45) is 0 Å². The first kappa shape index (κ1) is 21.6. The molecule has 0 heterocycles. The molecule has 0 saturated carbocycles. The van der Waals surface area contributed by atoms with Crippen molar-refractivity contribution in [1.82, 2.24) is 4.90 Å². The number of nitrogens with zero attached hydrogens (tertiary/aromatic N) is 3. The number of benzene rings is 2. The fourth-order valence-electron chi connectivity index (χ4n) is 2.68. The minimum absolute atomic E-state index is 0.0268. The van der Waals surface area contributed by atoms with E-state index < -0.39 is 15.9 Å². The number of rotatable bonds is 8. The van der Waals surface area contributed by atoms with Gasteiger partial charge in [-0.05, 0) is 31.0 Å². The Morgan fingerprint density at radius 1 is 1.03 bits per heavy atom. The maximum Gasteiger partial charge on any atom is 0.415 e. The van der Waals surface area contributed by atoms with Gasteiger partial charge in [-0.25, -0.2) is 4.79 Å². The maximum atomic E-state index is 12.6. The molecule has 2 aromatic rings. The van der Waals surface area contributed by atoms with E-state index in [1.54, 1.807) is 13.0 Å². The van der Waals surface area contributed by atoms with Crippen molar-refractivity contribution in [2.75, 3.05) is 13.7 Å². The van der Waals surface area contributed by atoms with Crippen molar-refractivity contribution in [1.29, 1.82) is 0 Å². The van der Waals surface area contributed by atoms with Crippen LogP contribution in [0.1, 0.15) is 25.0 Å². The van der Waals surface area contributed by atoms with Crippen molar-refractivity contribution in [2.45, 2.75) is 26.8 Å². The van der Waals surface area contributed by atoms with Crippen LogP contribution in [-0.4, -0.2) is 34.5 Å². The average Bonchev–Trinajstić information content (AvgIpc) is 2.71. The van der Waals surface area contributed by atoms with Gasteiger partial charge in [0.05, 0.1) is 23.5 Å². The number of amides is 1. The van der Waals surface area contributed by atoms with Gasteiger partial charge in [-0.15, -0.1) is 0 Å². The highest BCUT2D eigenvalue weighted by atomic mass is 16.6. The summed E-state index contributed by atoms with van der Waals surface area (Å²) in [4.78, 5) is 35.0. The van der Waals surface area contributed by atoms with E-state index in [4.69, 9.17) is 9.47 Å². The van der Waals surface area contributed by atoms with E-state index in [1.807, 2.05) is 6.92 Å². The standard InChI is InChI=1S/C19H21N3O7/c1-4-13-6-8-18(16(10-13)22(26)27)29-19(23)20(5-2)12-14-11-15(21(24)25)7-9-17(14)28-3/h6-11H,4-5,12H2,1-3H3. The molecule has 1 amide bonds. The first-order valence-electron chi connectivity index (χ1n) is 8.86. The van der Waals surface area contributed by atoms with Gasteiger partial charge in [0, 0.05) is 30.3 Å². The largest absolute Gasteiger partial charge is 0.496 e. The molecule has 2 aromatic carbocycles. The van der Waals surface area contributed by atoms with Crippen molar-refractivity contribution in [3.8, 4) is 11.5 Å². The van der Waals surface area contributed by atoms with Crippen LogP contribution in [0.4, 0.5) is 16.2 Å². The van der Waals surface area contributed by atoms with Crippen molar-refractivity contribution in [3.63, 3.8) is 0 Å². The molecule has 0 unspecified atom stereocenters. The van der Waals surface area contributed by atoms with Crippen LogP contribution < -0.4 is 9.47 Å². The smallest absolute Gasteiger partial charge is 0.415 e. The van der Waals surface area contributed by atoms with Gasteiger partial charge in [0.2, 0.25) is 5.75 Å². The first-order chi connectivity index (χ1) is 13.8. The molecular weight excluding hydrogens is 382 g/mol. The number of hydrogen-bond donors (Lipinski definition) is 0. The molecule has 29 heavy (non-hydrogen) atoms. The Bertz CT molecular complexity index is 930. The first-order valence-corrected chi connectivity index (χ1v) is 8.86. The second-order valence-electron chi connectivity index (χ2n) is 6.05. The SMILES string of the molecule is CCc1ccc(OC(=O)N(CC)Cc2cc([N+](=O)[O-])ccc2OC)c([N+](=O)[O-])c1. The molecular formula is C19H21N3O7. The number of carbonyl (C=O) groups excluding carboxylic acids is 1. The lowest BCUT2D eigenvalue weighted by Crippen LogP contribution is -2.33. The Morgan fingerprint density at radius 3 is 2.28 bits per heavy atom. The van der Waals surface area contributed by atoms with Crippen molar-refractivity contribution >= 4 is 17.5 Å². The molecule has 0 saturated heterocycles. The van der Waals surface area contributed by atoms with Crippen LogP contribution in [0.3, 0.4) is 0 Å². The van der Waals surface area contributed by atoms with Crippen molar-refractivity contribution < 1.29 is 24.1 Å². The summed E-state index contributed by atoms with van der Waals surface area (Å²) >= 11 is 0. The van der Waals surface area contributed by atoms with Gasteiger partial charge >= 0.3 is 11.8 Å². The highest BCUT2D eigenvalue weighted by Crippen LogP contribution is 2.30. The number of methoxy groups -OCH3 is 1. The molecule has 0 fully saturated rings. The number of ether oxygens (including phenoxy) is 2. The molecule has 10 nitrogen and oxygen atoms in total. The van der Waals surface area contributed by atoms with Crippen molar-refractivity contribution in [3.05, 3.63) is 67.8 Å². The third kappa shape index (κ3) is 5.18. The Labute approximate surface area is 166 Å². The summed E-state index contributed by atoms with van der Waals surface area (Å²) < 4.78 is 10.5. The predicted molar refractivity (Wildman–Crippen MR) is 104 cm³/mol. The Morgan fingerprint density at radius 2 is 1.72 bits per heavy atom. The van der Waals surface area contributed by atoms with E-state index in [0.717, 1.165) is 5.56 Å². The minimum Gasteiger partial charge on any atom is -0.496 e. The summed E-state index contributed by atoms with van der Waals surface area (Å²) in [6, 6.07) is 8.46. The van der Waals surface area contributed by atoms with Crippen LogP contribution in [0, 0.1) is 20.2 Å². The van der Waals surface area contributed by atoms with Crippen LogP contribution in [0.25, 0.3) is 0 Å². The lowest BCUT2D eigenvalue weighted by Gasteiger charge is -2.21. The van der Waals surface area contributed by atoms with Crippen LogP contribution in [0.5, 0.6) is 11.5 Å². The van der Waals surface area contributed by atoms with Gasteiger partial charge in [-0.2, -0.15) is 0 Å². The van der Waals surface area contributed by atoms with Crippen LogP contribution in [0.2, 0.25) is 0 Å². The van der Waals surface area contributed by atoms with Crippen LogP contribution in [-0.2, 0) is 13.0 Å². The normalized spacial score (nSPS) is 10.3. The quantitative estimate of drug-likeness (QED) is 0.480. The fraction of sp³-hybridized carbons (Fsp3) is 0.316. The van der Waals surface area contributed by atoms with E-state index >= 15 is 0 Å². The number of nitro benzene ring substituents is 2. The molecule has 0 aliphatic carbocycles. The highest BCUT2D eigenvalue weighted by Gasteiger charge is 2.23. The predicted octanol–water partition coefficient (Wildman–Crippen LogP) is 4.09. The van der Waals surface area contributed by atoms with E-state index in [2.05, 4.69) is 0 Å². The topological polar surface area (TPSA) is 125 Å². The second-order valence-corrected chi connectivity index (χ2v) is 6.05. The van der Waals surface area contributed by atoms with Gasteiger partial charge in [0.15, 0.2) is 0 Å². The lowest BCUT2D eigenvalue weighted by atomic mass is 10.1. The molecule has 10 heteroatoms. The second kappa shape index (κ2) is 9.49. The van der Waals surface area contributed by atoms with Gasteiger partial charge in [-0.1, -0.05) is 13.0 Å². The Balaban J connectivity index is 2.27. The highest BCUT2D eigenvalue weighted by molar-refractivity contribution is 5.72. The third-order valence-electron chi connectivity index (χ3n) is 4.30. The molecule has 154 valence electrons. The lowest BCUT2D eigenvalue weighted by molar-refractivity contribution is -0.385. The molecule has 2 rings (SSSR count). The summed E-state index contributed by atoms with van der Waals surface area (Å²) in [6.45, 7) is 3.74. The minimum atomic E-state index is -0.812. The van der Waals surface area contributed by atoms with E-state index in [0.29, 0.717) is 17.7 Å². The molecule has 0 bridgehead atoms. The van der Waals surface area contributed by atoms with Gasteiger partial charge < -0.3 is 14.4 Å². The van der Waals surface area contributed by atoms with Crippen LogP contribution >= 0.6 is 0 Å².